The summed E-state index contributed by atoms with van der Waals surface area (Å²) in [7, 11) is -0.464. The quantitative estimate of drug-likeness (QED) is 0.192. The smallest absolute Gasteiger partial charge is 0.457 e. The van der Waals surface area contributed by atoms with Crippen LogP contribution in [0.25, 0.3) is 0 Å². The van der Waals surface area contributed by atoms with E-state index in [9.17, 15) is 4.21 Å². The summed E-state index contributed by atoms with van der Waals surface area (Å²) in [5, 5.41) is 0. The van der Waals surface area contributed by atoms with Gasteiger partial charge >= 0.3 is 7.12 Å². The van der Waals surface area contributed by atoms with Gasteiger partial charge in [-0.2, -0.15) is 0 Å². The van der Waals surface area contributed by atoms with Crippen LogP contribution in [-0.2, 0) is 34.9 Å². The van der Waals surface area contributed by atoms with Gasteiger partial charge < -0.3 is 23.5 Å². The van der Waals surface area contributed by atoms with Crippen LogP contribution in [0.2, 0.25) is 0 Å². The SMILES string of the molecule is CCOCOCc1cc(Oc2ccc([SH](C)(=O)P)cc2)ccc1B1OC(C)(C)C(C)(C)O1. The molecular formula is C23H34BO6PS. The molecule has 0 aliphatic carbocycles. The average molecular weight is 480 g/mol. The first-order valence-electron chi connectivity index (χ1n) is 10.7. The van der Waals surface area contributed by atoms with E-state index in [4.69, 9.17) is 23.5 Å². The maximum absolute atomic E-state index is 12.2. The molecule has 9 heteroatoms. The number of benzene rings is 2. The minimum atomic E-state index is -2.38. The van der Waals surface area contributed by atoms with Crippen LogP contribution in [0.5, 0.6) is 11.5 Å². The molecule has 6 nitrogen and oxygen atoms in total. The summed E-state index contributed by atoms with van der Waals surface area (Å²) in [5.41, 5.74) is 0.931. The molecule has 1 heterocycles. The van der Waals surface area contributed by atoms with Gasteiger partial charge in [0.2, 0.25) is 0 Å². The lowest BCUT2D eigenvalue weighted by Gasteiger charge is -2.32. The van der Waals surface area contributed by atoms with Crippen molar-refractivity contribution in [2.45, 2.75) is 57.3 Å². The van der Waals surface area contributed by atoms with Gasteiger partial charge in [0.05, 0.1) is 17.8 Å². The minimum Gasteiger partial charge on any atom is -0.457 e. The van der Waals surface area contributed by atoms with E-state index in [-0.39, 0.29) is 6.79 Å². The molecule has 32 heavy (non-hydrogen) atoms. The number of hydrogen-bond donors (Lipinski definition) is 1. The Bertz CT molecular complexity index is 957. The number of thiol groups is 1. The van der Waals surface area contributed by atoms with E-state index < -0.39 is 27.9 Å². The fourth-order valence-corrected chi connectivity index (χ4v) is 4.47. The Morgan fingerprint density at radius 2 is 1.56 bits per heavy atom. The normalized spacial score (nSPS) is 18.0. The molecule has 1 atom stereocenters. The van der Waals surface area contributed by atoms with Crippen molar-refractivity contribution in [2.75, 3.05) is 19.7 Å². The van der Waals surface area contributed by atoms with Gasteiger partial charge in [-0.3, -0.25) is 4.21 Å². The summed E-state index contributed by atoms with van der Waals surface area (Å²) in [6.07, 6.45) is 1.72. The van der Waals surface area contributed by atoms with Gasteiger partial charge in [-0.1, -0.05) is 24.1 Å². The maximum atomic E-state index is 12.2. The summed E-state index contributed by atoms with van der Waals surface area (Å²) >= 11 is 0. The Kier molecular flexibility index (Phi) is 7.86. The van der Waals surface area contributed by atoms with E-state index >= 15 is 0 Å². The van der Waals surface area contributed by atoms with Crippen molar-refractivity contribution in [2.24, 2.45) is 0 Å². The van der Waals surface area contributed by atoms with Crippen molar-refractivity contribution < 1.29 is 27.7 Å². The lowest BCUT2D eigenvalue weighted by Crippen LogP contribution is -2.41. The van der Waals surface area contributed by atoms with Crippen LogP contribution in [0.4, 0.5) is 0 Å². The lowest BCUT2D eigenvalue weighted by atomic mass is 9.76. The number of rotatable bonds is 9. The molecule has 0 spiro atoms. The lowest BCUT2D eigenvalue weighted by molar-refractivity contribution is -0.0570. The van der Waals surface area contributed by atoms with Crippen LogP contribution in [0.1, 0.15) is 40.2 Å². The molecule has 0 amide bonds. The van der Waals surface area contributed by atoms with Crippen LogP contribution in [-0.4, -0.2) is 42.2 Å². The second kappa shape index (κ2) is 9.92. The summed E-state index contributed by atoms with van der Waals surface area (Å²) in [6.45, 7) is 11.2. The highest BCUT2D eigenvalue weighted by molar-refractivity contribution is 8.44. The van der Waals surface area contributed by atoms with Crippen molar-refractivity contribution in [3.63, 3.8) is 0 Å². The zero-order chi connectivity index (χ0) is 23.6. The Morgan fingerprint density at radius 1 is 0.969 bits per heavy atom. The van der Waals surface area contributed by atoms with Crippen LogP contribution < -0.4 is 10.2 Å². The molecule has 0 N–H and O–H groups in total. The molecule has 0 radical (unpaired) electrons. The van der Waals surface area contributed by atoms with E-state index in [1.54, 1.807) is 6.26 Å². The molecule has 0 bridgehead atoms. The number of ether oxygens (including phenoxy) is 3. The van der Waals surface area contributed by atoms with Gasteiger partial charge in [-0.25, -0.2) is 0 Å². The standard InChI is InChI=1S/C23H34BO6PS/c1-7-26-16-27-15-17-14-19(28-18-8-11-20(12-9-18)32(6,25)31)10-13-21(17)24-29-22(2,3)23(4,5)30-24/h8-14,32H,7,15-16,31H2,1-6H3. The minimum absolute atomic E-state index is 0.206. The van der Waals surface area contributed by atoms with Crippen LogP contribution in [0.15, 0.2) is 47.4 Å². The van der Waals surface area contributed by atoms with Gasteiger partial charge in [0.25, 0.3) is 0 Å². The van der Waals surface area contributed by atoms with Crippen molar-refractivity contribution in [3.05, 3.63) is 48.0 Å². The molecule has 1 fully saturated rings. The summed E-state index contributed by atoms with van der Waals surface area (Å²) < 4.78 is 41.8. The van der Waals surface area contributed by atoms with Crippen LogP contribution in [0, 0.1) is 0 Å². The molecule has 176 valence electrons. The first-order valence-corrected chi connectivity index (χ1v) is 14.5. The van der Waals surface area contributed by atoms with E-state index in [2.05, 4.69) is 8.44 Å². The van der Waals surface area contributed by atoms with Crippen molar-refractivity contribution in [1.29, 1.82) is 0 Å². The third-order valence-electron chi connectivity index (χ3n) is 5.84. The zero-order valence-electron chi connectivity index (χ0n) is 19.7. The van der Waals surface area contributed by atoms with E-state index in [1.807, 2.05) is 77.1 Å². The molecule has 2 aromatic carbocycles. The highest BCUT2D eigenvalue weighted by atomic mass is 32.8. The summed E-state index contributed by atoms with van der Waals surface area (Å²) in [5.74, 6) is 1.33. The predicted molar refractivity (Wildman–Crippen MR) is 133 cm³/mol. The van der Waals surface area contributed by atoms with Crippen LogP contribution in [0.3, 0.4) is 0 Å². The zero-order valence-corrected chi connectivity index (χ0v) is 21.8. The monoisotopic (exact) mass is 480 g/mol. The van der Waals surface area contributed by atoms with Gasteiger partial charge in [0.15, 0.2) is 0 Å². The number of hydrogen-bond acceptors (Lipinski definition) is 6. The molecule has 0 saturated carbocycles. The van der Waals surface area contributed by atoms with Crippen LogP contribution >= 0.6 is 8.44 Å². The Morgan fingerprint density at radius 3 is 2.12 bits per heavy atom. The Balaban J connectivity index is 1.83. The first kappa shape index (κ1) is 25.3. The molecule has 1 unspecified atom stereocenters. The van der Waals surface area contributed by atoms with Gasteiger partial charge in [0, 0.05) is 11.5 Å². The largest absolute Gasteiger partial charge is 0.495 e. The fraction of sp³-hybridized carbons (Fsp3) is 0.478. The molecule has 2 aromatic rings. The molecule has 1 saturated heterocycles. The Labute approximate surface area is 194 Å². The molecule has 1 aliphatic heterocycles. The fourth-order valence-electron chi connectivity index (χ4n) is 3.21. The van der Waals surface area contributed by atoms with Crippen molar-refractivity contribution in [3.8, 4) is 11.5 Å². The first-order chi connectivity index (χ1) is 14.9. The van der Waals surface area contributed by atoms with Gasteiger partial charge in [-0.05, 0) is 88.3 Å². The maximum Gasteiger partial charge on any atom is 0.495 e. The average Bonchev–Trinajstić information content (AvgIpc) is 2.92. The van der Waals surface area contributed by atoms with E-state index in [0.717, 1.165) is 15.9 Å². The highest BCUT2D eigenvalue weighted by Crippen LogP contribution is 2.37. The Hall–Kier alpha value is -1.28. The predicted octanol–water partition coefficient (Wildman–Crippen LogP) is 4.08. The molecule has 1 aliphatic rings. The van der Waals surface area contributed by atoms with Gasteiger partial charge in [-0.15, -0.1) is 0 Å². The van der Waals surface area contributed by atoms with E-state index in [1.165, 1.54) is 0 Å². The third kappa shape index (κ3) is 5.99. The third-order valence-corrected chi connectivity index (χ3v) is 8.05. The highest BCUT2D eigenvalue weighted by Gasteiger charge is 2.52. The van der Waals surface area contributed by atoms with E-state index in [0.29, 0.717) is 24.7 Å². The molecule has 0 aromatic heterocycles. The second-order valence-corrected chi connectivity index (χ2v) is 14.4. The van der Waals surface area contributed by atoms with Crippen molar-refractivity contribution in [1.82, 2.24) is 0 Å². The summed E-state index contributed by atoms with van der Waals surface area (Å²) in [4.78, 5) is 0.788. The second-order valence-electron chi connectivity index (χ2n) is 8.99. The molecular weight excluding hydrogens is 446 g/mol. The summed E-state index contributed by atoms with van der Waals surface area (Å²) in [6, 6.07) is 13.1. The topological polar surface area (TPSA) is 63.2 Å². The van der Waals surface area contributed by atoms with Gasteiger partial charge in [0.1, 0.15) is 18.3 Å². The molecule has 3 rings (SSSR count). The van der Waals surface area contributed by atoms with Crippen molar-refractivity contribution >= 4 is 30.6 Å².